The van der Waals surface area contributed by atoms with E-state index in [0.29, 0.717) is 0 Å². The highest BCUT2D eigenvalue weighted by Crippen LogP contribution is 1.85. The van der Waals surface area contributed by atoms with E-state index in [4.69, 9.17) is 11.6 Å². The van der Waals surface area contributed by atoms with Gasteiger partial charge in [-0.3, -0.25) is 5.10 Å². The highest BCUT2D eigenvalue weighted by molar-refractivity contribution is 6.30. The number of hydrogen-bond donors (Lipinski definition) is 1. The van der Waals surface area contributed by atoms with Crippen LogP contribution < -0.4 is 0 Å². The van der Waals surface area contributed by atoms with E-state index < -0.39 is 0 Å². The minimum Gasteiger partial charge on any atom is -0.270 e. The first-order valence-corrected chi connectivity index (χ1v) is 2.42. The molecule has 3 heteroatoms. The quantitative estimate of drug-likeness (QED) is 0.516. The van der Waals surface area contributed by atoms with Crippen molar-refractivity contribution >= 4 is 11.6 Å². The van der Waals surface area contributed by atoms with E-state index >= 15 is 0 Å². The molecular formula is C5H3ClN2. The van der Waals surface area contributed by atoms with Crippen LogP contribution in [-0.4, -0.2) is 10.2 Å². The summed E-state index contributed by atoms with van der Waals surface area (Å²) in [5.41, 5.74) is 0.736. The van der Waals surface area contributed by atoms with Gasteiger partial charge in [-0.15, -0.1) is 0 Å². The van der Waals surface area contributed by atoms with Crippen molar-refractivity contribution in [3.63, 3.8) is 0 Å². The first-order chi connectivity index (χ1) is 3.93. The minimum absolute atomic E-state index is 0.736. The van der Waals surface area contributed by atoms with Gasteiger partial charge in [0.1, 0.15) is 5.69 Å². The first kappa shape index (κ1) is 5.20. The number of aromatic nitrogens is 2. The maximum absolute atomic E-state index is 5.08. The lowest BCUT2D eigenvalue weighted by atomic mass is 10.5. The molecule has 1 heterocycles. The molecule has 1 rings (SSSR count). The largest absolute Gasteiger partial charge is 0.270 e. The Balaban J connectivity index is 2.88. The third-order valence-electron chi connectivity index (χ3n) is 0.683. The summed E-state index contributed by atoms with van der Waals surface area (Å²) in [4.78, 5) is 0. The molecule has 40 valence electrons. The summed E-state index contributed by atoms with van der Waals surface area (Å²) in [5, 5.41) is 8.51. The van der Waals surface area contributed by atoms with E-state index in [1.54, 1.807) is 12.3 Å². The fourth-order valence-electron chi connectivity index (χ4n) is 0.376. The molecule has 0 aliphatic rings. The van der Waals surface area contributed by atoms with Gasteiger partial charge in [0.05, 0.1) is 0 Å². The van der Waals surface area contributed by atoms with E-state index in [2.05, 4.69) is 21.5 Å². The number of nitrogens with zero attached hydrogens (tertiary/aromatic N) is 1. The van der Waals surface area contributed by atoms with E-state index in [0.717, 1.165) is 5.69 Å². The molecule has 8 heavy (non-hydrogen) atoms. The molecule has 0 aliphatic heterocycles. The van der Waals surface area contributed by atoms with E-state index in [9.17, 15) is 0 Å². The Kier molecular flexibility index (Phi) is 1.55. The van der Waals surface area contributed by atoms with Crippen LogP contribution in [0.4, 0.5) is 0 Å². The number of hydrogen-bond acceptors (Lipinski definition) is 1. The van der Waals surface area contributed by atoms with Gasteiger partial charge in [0.25, 0.3) is 0 Å². The summed E-state index contributed by atoms with van der Waals surface area (Å²) >= 11 is 5.08. The maximum atomic E-state index is 5.08. The number of rotatable bonds is 0. The van der Waals surface area contributed by atoms with Gasteiger partial charge in [0, 0.05) is 11.6 Å². The third-order valence-corrected chi connectivity index (χ3v) is 0.777. The van der Waals surface area contributed by atoms with Gasteiger partial charge in [-0.1, -0.05) is 0 Å². The lowest BCUT2D eigenvalue weighted by Gasteiger charge is -1.70. The van der Waals surface area contributed by atoms with Crippen molar-refractivity contribution in [1.82, 2.24) is 10.2 Å². The van der Waals surface area contributed by atoms with E-state index in [1.165, 1.54) is 0 Å². The molecule has 2 nitrogen and oxygen atoms in total. The summed E-state index contributed by atoms with van der Waals surface area (Å²) in [7, 11) is 0. The molecule has 0 saturated carbocycles. The lowest BCUT2D eigenvalue weighted by Crippen LogP contribution is -1.69. The Bertz CT molecular complexity index is 204. The predicted octanol–water partition coefficient (Wildman–Crippen LogP) is 0.957. The molecule has 1 aromatic heterocycles. The topological polar surface area (TPSA) is 28.7 Å². The smallest absolute Gasteiger partial charge is 0.109 e. The molecule has 0 unspecified atom stereocenters. The SMILES string of the molecule is ClC#Cc1ccn[nH]1. The van der Waals surface area contributed by atoms with Crippen LogP contribution in [0.25, 0.3) is 0 Å². The molecule has 0 spiro atoms. The second-order valence-electron chi connectivity index (χ2n) is 1.19. The summed E-state index contributed by atoms with van der Waals surface area (Å²) in [5.74, 6) is 2.58. The van der Waals surface area contributed by atoms with Crippen LogP contribution in [0, 0.1) is 11.3 Å². The third kappa shape index (κ3) is 1.02. The van der Waals surface area contributed by atoms with Gasteiger partial charge in [-0.25, -0.2) is 0 Å². The summed E-state index contributed by atoms with van der Waals surface area (Å²) in [6, 6.07) is 1.75. The van der Waals surface area contributed by atoms with E-state index in [-0.39, 0.29) is 0 Å². The van der Waals surface area contributed by atoms with Crippen LogP contribution in [0.1, 0.15) is 5.69 Å². The van der Waals surface area contributed by atoms with Crippen LogP contribution >= 0.6 is 11.6 Å². The zero-order valence-electron chi connectivity index (χ0n) is 3.98. The van der Waals surface area contributed by atoms with Gasteiger partial charge >= 0.3 is 0 Å². The average molecular weight is 127 g/mol. The lowest BCUT2D eigenvalue weighted by molar-refractivity contribution is 1.08. The zero-order chi connectivity index (χ0) is 5.82. The average Bonchev–Trinajstić information content (AvgIpc) is 2.19. The van der Waals surface area contributed by atoms with Crippen molar-refractivity contribution in [2.24, 2.45) is 0 Å². The second-order valence-corrected chi connectivity index (χ2v) is 1.38. The first-order valence-electron chi connectivity index (χ1n) is 2.04. The van der Waals surface area contributed by atoms with E-state index in [1.807, 2.05) is 0 Å². The molecule has 0 bridgehead atoms. The molecule has 0 aliphatic carbocycles. The second kappa shape index (κ2) is 2.39. The Hall–Kier alpha value is -0.940. The maximum Gasteiger partial charge on any atom is 0.109 e. The molecule has 0 atom stereocenters. The van der Waals surface area contributed by atoms with Crippen LogP contribution in [-0.2, 0) is 0 Å². The number of aromatic amines is 1. The molecule has 1 N–H and O–H groups in total. The molecular weight excluding hydrogens is 124 g/mol. The van der Waals surface area contributed by atoms with Gasteiger partial charge in [0.15, 0.2) is 0 Å². The van der Waals surface area contributed by atoms with Crippen LogP contribution in [0.15, 0.2) is 12.3 Å². The van der Waals surface area contributed by atoms with Gasteiger partial charge in [-0.2, -0.15) is 5.10 Å². The summed E-state index contributed by atoms with van der Waals surface area (Å²) in [6.07, 6.45) is 1.62. The Morgan fingerprint density at radius 3 is 3.12 bits per heavy atom. The van der Waals surface area contributed by atoms with Crippen molar-refractivity contribution in [3.8, 4) is 11.3 Å². The van der Waals surface area contributed by atoms with Crippen LogP contribution in [0.2, 0.25) is 0 Å². The fourth-order valence-corrected chi connectivity index (χ4v) is 0.478. The standard InChI is InChI=1S/C5H3ClN2/c6-3-1-5-2-4-7-8-5/h2,4H,(H,7,8). The molecule has 0 amide bonds. The van der Waals surface area contributed by atoms with Gasteiger partial charge in [0.2, 0.25) is 0 Å². The number of H-pyrrole nitrogens is 1. The predicted molar refractivity (Wildman–Crippen MR) is 31.3 cm³/mol. The van der Waals surface area contributed by atoms with Crippen molar-refractivity contribution < 1.29 is 0 Å². The molecule has 0 radical (unpaired) electrons. The Morgan fingerprint density at radius 1 is 1.75 bits per heavy atom. The summed E-state index contributed by atoms with van der Waals surface area (Å²) in [6.45, 7) is 0. The monoisotopic (exact) mass is 126 g/mol. The van der Waals surface area contributed by atoms with Gasteiger partial charge in [-0.05, 0) is 23.6 Å². The zero-order valence-corrected chi connectivity index (χ0v) is 4.74. The number of halogens is 1. The van der Waals surface area contributed by atoms with Crippen LogP contribution in [0.3, 0.4) is 0 Å². The highest BCUT2D eigenvalue weighted by Gasteiger charge is 1.80. The fraction of sp³-hybridized carbons (Fsp3) is 0. The van der Waals surface area contributed by atoms with Crippen molar-refractivity contribution in [2.45, 2.75) is 0 Å². The minimum atomic E-state index is 0.736. The highest BCUT2D eigenvalue weighted by atomic mass is 35.5. The van der Waals surface area contributed by atoms with Crippen molar-refractivity contribution in [1.29, 1.82) is 0 Å². The van der Waals surface area contributed by atoms with Crippen molar-refractivity contribution in [2.75, 3.05) is 0 Å². The van der Waals surface area contributed by atoms with Gasteiger partial charge < -0.3 is 0 Å². The molecule has 0 fully saturated rings. The van der Waals surface area contributed by atoms with Crippen molar-refractivity contribution in [3.05, 3.63) is 18.0 Å². The number of nitrogens with one attached hydrogen (secondary N) is 1. The molecule has 0 aromatic carbocycles. The van der Waals surface area contributed by atoms with Crippen LogP contribution in [0.5, 0.6) is 0 Å². The summed E-state index contributed by atoms with van der Waals surface area (Å²) < 4.78 is 0. The molecule has 0 saturated heterocycles. The Morgan fingerprint density at radius 2 is 2.62 bits per heavy atom. The Labute approximate surface area is 51.9 Å². The molecule has 1 aromatic rings. The normalized spacial score (nSPS) is 7.62.